The van der Waals surface area contributed by atoms with Crippen molar-refractivity contribution in [1.29, 1.82) is 0 Å². The van der Waals surface area contributed by atoms with E-state index in [9.17, 15) is 9.59 Å². The predicted octanol–water partition coefficient (Wildman–Crippen LogP) is 2.74. The lowest BCUT2D eigenvalue weighted by Gasteiger charge is -2.37. The van der Waals surface area contributed by atoms with Crippen LogP contribution in [0.15, 0.2) is 54.6 Å². The minimum Gasteiger partial charge on any atom is -0.368 e. The minimum atomic E-state index is -0.534. The van der Waals surface area contributed by atoms with E-state index in [4.69, 9.17) is 11.6 Å². The highest BCUT2D eigenvalue weighted by Crippen LogP contribution is 2.16. The first-order valence-corrected chi connectivity index (χ1v) is 9.53. The molecule has 142 valence electrons. The Morgan fingerprint density at radius 3 is 2.26 bits per heavy atom. The smallest absolute Gasteiger partial charge is 0.244 e. The number of piperazine rings is 1. The molecule has 1 aliphatic heterocycles. The third-order valence-corrected chi connectivity index (χ3v) is 4.99. The van der Waals surface area contributed by atoms with E-state index in [-0.39, 0.29) is 18.2 Å². The lowest BCUT2D eigenvalue weighted by atomic mass is 10.1. The van der Waals surface area contributed by atoms with E-state index in [1.807, 2.05) is 35.2 Å². The molecule has 6 heteroatoms. The highest BCUT2D eigenvalue weighted by molar-refractivity contribution is 6.30. The van der Waals surface area contributed by atoms with Crippen LogP contribution in [0.5, 0.6) is 0 Å². The number of rotatable bonds is 5. The second-order valence-electron chi connectivity index (χ2n) is 6.74. The monoisotopic (exact) mass is 385 g/mol. The highest BCUT2D eigenvalue weighted by Gasteiger charge is 2.25. The number of hydrogen-bond donors (Lipinski definition) is 1. The van der Waals surface area contributed by atoms with Crippen molar-refractivity contribution in [2.75, 3.05) is 31.1 Å². The normalized spacial score (nSPS) is 15.3. The average Bonchev–Trinajstić information content (AvgIpc) is 2.70. The Hall–Kier alpha value is -2.53. The van der Waals surface area contributed by atoms with Crippen LogP contribution >= 0.6 is 11.6 Å². The molecule has 1 fully saturated rings. The Kier molecular flexibility index (Phi) is 6.35. The summed E-state index contributed by atoms with van der Waals surface area (Å²) in [5.74, 6) is -0.201. The van der Waals surface area contributed by atoms with Gasteiger partial charge in [-0.3, -0.25) is 9.59 Å². The van der Waals surface area contributed by atoms with E-state index in [0.717, 1.165) is 18.7 Å². The molecule has 0 saturated carbocycles. The number of halogens is 1. The van der Waals surface area contributed by atoms with E-state index in [1.54, 1.807) is 19.1 Å². The van der Waals surface area contributed by atoms with E-state index < -0.39 is 6.04 Å². The molecule has 5 nitrogen and oxygen atoms in total. The van der Waals surface area contributed by atoms with Gasteiger partial charge in [-0.1, -0.05) is 41.9 Å². The predicted molar refractivity (Wildman–Crippen MR) is 108 cm³/mol. The summed E-state index contributed by atoms with van der Waals surface area (Å²) in [6, 6.07) is 16.8. The van der Waals surface area contributed by atoms with Crippen molar-refractivity contribution in [2.45, 2.75) is 19.4 Å². The number of para-hydroxylation sites is 1. The van der Waals surface area contributed by atoms with Gasteiger partial charge in [0, 0.05) is 36.9 Å². The van der Waals surface area contributed by atoms with Gasteiger partial charge in [0.25, 0.3) is 0 Å². The number of nitrogens with one attached hydrogen (secondary N) is 1. The van der Waals surface area contributed by atoms with Gasteiger partial charge in [0.15, 0.2) is 0 Å². The summed E-state index contributed by atoms with van der Waals surface area (Å²) in [7, 11) is 0. The summed E-state index contributed by atoms with van der Waals surface area (Å²) in [5.41, 5.74) is 2.04. The Morgan fingerprint density at radius 2 is 1.63 bits per heavy atom. The van der Waals surface area contributed by atoms with E-state index in [1.165, 1.54) is 5.69 Å². The van der Waals surface area contributed by atoms with Crippen molar-refractivity contribution < 1.29 is 9.59 Å². The number of benzene rings is 2. The molecule has 2 aromatic rings. The summed E-state index contributed by atoms with van der Waals surface area (Å²) in [4.78, 5) is 29.0. The average molecular weight is 386 g/mol. The molecule has 0 spiro atoms. The zero-order valence-corrected chi connectivity index (χ0v) is 16.2. The fourth-order valence-electron chi connectivity index (χ4n) is 3.24. The molecule has 0 aromatic heterocycles. The van der Waals surface area contributed by atoms with Crippen molar-refractivity contribution in [3.63, 3.8) is 0 Å². The molecular formula is C21H24ClN3O2. The number of anilines is 1. The highest BCUT2D eigenvalue weighted by atomic mass is 35.5. The van der Waals surface area contributed by atoms with Crippen molar-refractivity contribution in [2.24, 2.45) is 0 Å². The largest absolute Gasteiger partial charge is 0.368 e. The maximum absolute atomic E-state index is 12.6. The molecule has 1 heterocycles. The Bertz CT molecular complexity index is 772. The summed E-state index contributed by atoms with van der Waals surface area (Å²) in [6.07, 6.45) is 0.233. The van der Waals surface area contributed by atoms with Gasteiger partial charge in [-0.2, -0.15) is 0 Å². The number of nitrogens with zero attached hydrogens (tertiary/aromatic N) is 2. The molecule has 0 unspecified atom stereocenters. The van der Waals surface area contributed by atoms with Crippen molar-refractivity contribution in [3.05, 3.63) is 65.2 Å². The van der Waals surface area contributed by atoms with Gasteiger partial charge in [-0.05, 0) is 36.8 Å². The van der Waals surface area contributed by atoms with Gasteiger partial charge in [-0.15, -0.1) is 0 Å². The van der Waals surface area contributed by atoms with Crippen LogP contribution in [0.25, 0.3) is 0 Å². The van der Waals surface area contributed by atoms with Crippen LogP contribution in [0, 0.1) is 0 Å². The van der Waals surface area contributed by atoms with Gasteiger partial charge in [0.2, 0.25) is 11.8 Å². The van der Waals surface area contributed by atoms with Crippen LogP contribution in [0.3, 0.4) is 0 Å². The SMILES string of the molecule is C[C@H](NC(=O)Cc1ccc(Cl)cc1)C(=O)N1CCN(c2ccccc2)CC1. The number of hydrogen-bond acceptors (Lipinski definition) is 3. The zero-order chi connectivity index (χ0) is 19.2. The van der Waals surface area contributed by atoms with Crippen molar-refractivity contribution in [1.82, 2.24) is 10.2 Å². The molecule has 0 radical (unpaired) electrons. The number of carbonyl (C=O) groups is 2. The maximum Gasteiger partial charge on any atom is 0.244 e. The Morgan fingerprint density at radius 1 is 1.00 bits per heavy atom. The molecular weight excluding hydrogens is 362 g/mol. The van der Waals surface area contributed by atoms with Gasteiger partial charge >= 0.3 is 0 Å². The topological polar surface area (TPSA) is 52.7 Å². The first-order valence-electron chi connectivity index (χ1n) is 9.15. The molecule has 27 heavy (non-hydrogen) atoms. The lowest BCUT2D eigenvalue weighted by Crippen LogP contribution is -2.54. The van der Waals surface area contributed by atoms with Crippen LogP contribution in [0.1, 0.15) is 12.5 Å². The molecule has 1 N–H and O–H groups in total. The van der Waals surface area contributed by atoms with Crippen LogP contribution in [-0.4, -0.2) is 48.9 Å². The minimum absolute atomic E-state index is 0.0350. The first kappa shape index (κ1) is 19.2. The molecule has 1 saturated heterocycles. The summed E-state index contributed by atoms with van der Waals surface area (Å²) >= 11 is 5.86. The van der Waals surface area contributed by atoms with Crippen LogP contribution in [0.4, 0.5) is 5.69 Å². The van der Waals surface area contributed by atoms with Gasteiger partial charge < -0.3 is 15.1 Å². The summed E-state index contributed by atoms with van der Waals surface area (Å²) in [5, 5.41) is 3.44. The zero-order valence-electron chi connectivity index (χ0n) is 15.4. The second kappa shape index (κ2) is 8.91. The lowest BCUT2D eigenvalue weighted by molar-refractivity contribution is -0.136. The Labute approximate surface area is 164 Å². The molecule has 1 atom stereocenters. The first-order chi connectivity index (χ1) is 13.0. The van der Waals surface area contributed by atoms with Crippen LogP contribution < -0.4 is 10.2 Å². The van der Waals surface area contributed by atoms with Crippen molar-refractivity contribution in [3.8, 4) is 0 Å². The fraction of sp³-hybridized carbons (Fsp3) is 0.333. The maximum atomic E-state index is 12.6. The third kappa shape index (κ3) is 5.23. The molecule has 3 rings (SSSR count). The van der Waals surface area contributed by atoms with E-state index in [2.05, 4.69) is 22.3 Å². The quantitative estimate of drug-likeness (QED) is 0.861. The van der Waals surface area contributed by atoms with Crippen LogP contribution in [0.2, 0.25) is 5.02 Å². The fourth-order valence-corrected chi connectivity index (χ4v) is 3.37. The van der Waals surface area contributed by atoms with Gasteiger partial charge in [0.1, 0.15) is 6.04 Å². The standard InChI is InChI=1S/C21H24ClN3O2/c1-16(23-20(26)15-17-7-9-18(22)10-8-17)21(27)25-13-11-24(12-14-25)19-5-3-2-4-6-19/h2-10,16H,11-15H2,1H3,(H,23,26)/t16-/m0/s1. The molecule has 1 aliphatic rings. The molecule has 0 bridgehead atoms. The van der Waals surface area contributed by atoms with E-state index in [0.29, 0.717) is 18.1 Å². The van der Waals surface area contributed by atoms with Gasteiger partial charge in [0.05, 0.1) is 6.42 Å². The Balaban J connectivity index is 1.47. The molecule has 0 aliphatic carbocycles. The third-order valence-electron chi connectivity index (χ3n) is 4.74. The summed E-state index contributed by atoms with van der Waals surface area (Å²) in [6.45, 7) is 4.64. The van der Waals surface area contributed by atoms with Gasteiger partial charge in [-0.25, -0.2) is 0 Å². The molecule has 2 amide bonds. The van der Waals surface area contributed by atoms with Crippen molar-refractivity contribution >= 4 is 29.1 Å². The molecule has 2 aromatic carbocycles. The van der Waals surface area contributed by atoms with E-state index >= 15 is 0 Å². The van der Waals surface area contributed by atoms with Crippen LogP contribution in [-0.2, 0) is 16.0 Å². The summed E-state index contributed by atoms with van der Waals surface area (Å²) < 4.78 is 0. The number of amides is 2. The number of carbonyl (C=O) groups excluding carboxylic acids is 2. The second-order valence-corrected chi connectivity index (χ2v) is 7.18.